The van der Waals surface area contributed by atoms with Crippen LogP contribution in [0.2, 0.25) is 0 Å². The van der Waals surface area contributed by atoms with Crippen LogP contribution in [0.4, 0.5) is 0 Å². The molecular weight excluding hydrogens is 294 g/mol. The highest BCUT2D eigenvalue weighted by Gasteiger charge is 2.43. The van der Waals surface area contributed by atoms with Gasteiger partial charge in [0.1, 0.15) is 0 Å². The first-order valence-corrected chi connectivity index (χ1v) is 8.58. The summed E-state index contributed by atoms with van der Waals surface area (Å²) in [7, 11) is 0. The highest BCUT2D eigenvalue weighted by atomic mass is 15.1. The second kappa shape index (κ2) is 5.91. The number of aromatic nitrogens is 2. The van der Waals surface area contributed by atoms with Gasteiger partial charge in [-0.3, -0.25) is 5.10 Å². The van der Waals surface area contributed by atoms with Crippen molar-refractivity contribution in [1.29, 1.82) is 0 Å². The Morgan fingerprint density at radius 3 is 2.54 bits per heavy atom. The molecule has 3 nitrogen and oxygen atoms in total. The van der Waals surface area contributed by atoms with E-state index in [4.69, 9.17) is 0 Å². The van der Waals surface area contributed by atoms with Gasteiger partial charge in [-0.1, -0.05) is 42.5 Å². The first-order valence-electron chi connectivity index (χ1n) is 8.58. The third-order valence-electron chi connectivity index (χ3n) is 5.21. The molecule has 1 aromatic heterocycles. The molecule has 2 N–H and O–H groups in total. The first-order chi connectivity index (χ1) is 11.7. The molecule has 0 radical (unpaired) electrons. The zero-order valence-electron chi connectivity index (χ0n) is 14.3. The molecule has 0 bridgehead atoms. The van der Waals surface area contributed by atoms with E-state index >= 15 is 0 Å². The lowest BCUT2D eigenvalue weighted by molar-refractivity contribution is 0.519. The summed E-state index contributed by atoms with van der Waals surface area (Å²) in [5.41, 5.74) is 7.72. The van der Waals surface area contributed by atoms with Crippen molar-refractivity contribution < 1.29 is 0 Å². The number of nitrogens with one attached hydrogen (secondary N) is 2. The molecule has 1 fully saturated rings. The van der Waals surface area contributed by atoms with Crippen LogP contribution < -0.4 is 5.32 Å². The molecule has 3 heteroatoms. The fourth-order valence-electron chi connectivity index (χ4n) is 3.31. The van der Waals surface area contributed by atoms with Gasteiger partial charge in [0.2, 0.25) is 0 Å². The molecule has 1 heterocycles. The fraction of sp³-hybridized carbons (Fsp3) is 0.286. The summed E-state index contributed by atoms with van der Waals surface area (Å²) < 4.78 is 0. The van der Waals surface area contributed by atoms with Crippen LogP contribution in [0.1, 0.15) is 35.1 Å². The quantitative estimate of drug-likeness (QED) is 0.729. The Labute approximate surface area is 143 Å². The van der Waals surface area contributed by atoms with E-state index in [1.807, 2.05) is 6.20 Å². The summed E-state index contributed by atoms with van der Waals surface area (Å²) in [6, 6.07) is 17.3. The van der Waals surface area contributed by atoms with E-state index in [1.54, 1.807) is 0 Å². The van der Waals surface area contributed by atoms with Gasteiger partial charge >= 0.3 is 0 Å². The van der Waals surface area contributed by atoms with E-state index in [0.29, 0.717) is 0 Å². The normalized spacial score (nSPS) is 15.4. The monoisotopic (exact) mass is 317 g/mol. The van der Waals surface area contributed by atoms with Crippen molar-refractivity contribution in [2.45, 2.75) is 38.8 Å². The topological polar surface area (TPSA) is 40.7 Å². The van der Waals surface area contributed by atoms with E-state index < -0.39 is 0 Å². The van der Waals surface area contributed by atoms with Gasteiger partial charge in [0.05, 0.1) is 11.9 Å². The lowest BCUT2D eigenvalue weighted by Gasteiger charge is -2.18. The summed E-state index contributed by atoms with van der Waals surface area (Å²) in [5.74, 6) is 0. The zero-order chi connectivity index (χ0) is 16.6. The molecule has 0 unspecified atom stereocenters. The fourth-order valence-corrected chi connectivity index (χ4v) is 3.31. The minimum absolute atomic E-state index is 0.152. The molecule has 0 aliphatic heterocycles. The van der Waals surface area contributed by atoms with E-state index in [1.165, 1.54) is 40.7 Å². The molecule has 3 aromatic rings. The summed E-state index contributed by atoms with van der Waals surface area (Å²) in [5, 5.41) is 11.2. The van der Waals surface area contributed by atoms with Crippen molar-refractivity contribution in [3.8, 4) is 11.3 Å². The SMILES string of the molecule is Cc1ccc(-c2[nH]ncc2CNC2(c3ccccc3)CC2)cc1C. The van der Waals surface area contributed by atoms with Crippen LogP contribution >= 0.6 is 0 Å². The third kappa shape index (κ3) is 2.76. The second-order valence-corrected chi connectivity index (χ2v) is 6.87. The summed E-state index contributed by atoms with van der Waals surface area (Å²) in [4.78, 5) is 0. The maximum Gasteiger partial charge on any atom is 0.0695 e. The second-order valence-electron chi connectivity index (χ2n) is 6.87. The number of H-pyrrole nitrogens is 1. The summed E-state index contributed by atoms with van der Waals surface area (Å²) >= 11 is 0. The molecule has 24 heavy (non-hydrogen) atoms. The van der Waals surface area contributed by atoms with E-state index in [2.05, 4.69) is 77.9 Å². The van der Waals surface area contributed by atoms with Crippen LogP contribution in [-0.2, 0) is 12.1 Å². The van der Waals surface area contributed by atoms with E-state index in [9.17, 15) is 0 Å². The Morgan fingerprint density at radius 1 is 1.04 bits per heavy atom. The maximum absolute atomic E-state index is 4.28. The van der Waals surface area contributed by atoms with E-state index in [0.717, 1.165) is 12.2 Å². The number of hydrogen-bond donors (Lipinski definition) is 2. The highest BCUT2D eigenvalue weighted by molar-refractivity contribution is 5.64. The number of aryl methyl sites for hydroxylation is 2. The van der Waals surface area contributed by atoms with Gasteiger partial charge in [-0.15, -0.1) is 0 Å². The third-order valence-corrected chi connectivity index (χ3v) is 5.21. The van der Waals surface area contributed by atoms with Crippen LogP contribution in [0.5, 0.6) is 0 Å². The molecule has 1 aliphatic carbocycles. The highest BCUT2D eigenvalue weighted by Crippen LogP contribution is 2.45. The van der Waals surface area contributed by atoms with Crippen molar-refractivity contribution >= 4 is 0 Å². The van der Waals surface area contributed by atoms with Gasteiger partial charge in [0.25, 0.3) is 0 Å². The molecule has 0 saturated heterocycles. The summed E-state index contributed by atoms with van der Waals surface area (Å²) in [6.07, 6.45) is 4.35. The smallest absolute Gasteiger partial charge is 0.0695 e. The molecule has 0 spiro atoms. The average Bonchev–Trinajstić information content (AvgIpc) is 3.26. The first kappa shape index (κ1) is 15.2. The Morgan fingerprint density at radius 2 is 1.83 bits per heavy atom. The molecule has 1 saturated carbocycles. The molecule has 0 amide bonds. The van der Waals surface area contributed by atoms with Crippen LogP contribution in [-0.4, -0.2) is 10.2 Å². The maximum atomic E-state index is 4.28. The Kier molecular flexibility index (Phi) is 3.73. The van der Waals surface area contributed by atoms with Crippen molar-refractivity contribution in [3.63, 3.8) is 0 Å². The lowest BCUT2D eigenvalue weighted by atomic mass is 10.0. The number of rotatable bonds is 5. The molecule has 1 aliphatic rings. The van der Waals surface area contributed by atoms with Crippen LogP contribution in [0.3, 0.4) is 0 Å². The Balaban J connectivity index is 1.55. The molecule has 4 rings (SSSR count). The average molecular weight is 317 g/mol. The van der Waals surface area contributed by atoms with Crippen molar-refractivity contribution in [2.24, 2.45) is 0 Å². The van der Waals surface area contributed by atoms with E-state index in [-0.39, 0.29) is 5.54 Å². The lowest BCUT2D eigenvalue weighted by Crippen LogP contribution is -2.28. The van der Waals surface area contributed by atoms with Crippen LogP contribution in [0.25, 0.3) is 11.3 Å². The van der Waals surface area contributed by atoms with Gasteiger partial charge < -0.3 is 5.32 Å². The van der Waals surface area contributed by atoms with Crippen molar-refractivity contribution in [3.05, 3.63) is 77.0 Å². The predicted molar refractivity (Wildman–Crippen MR) is 97.7 cm³/mol. The largest absolute Gasteiger partial charge is 0.303 e. The molecule has 2 aromatic carbocycles. The molecule has 0 atom stereocenters. The van der Waals surface area contributed by atoms with Gasteiger partial charge in [0, 0.05) is 23.2 Å². The standard InChI is InChI=1S/C21H23N3/c1-15-8-9-17(12-16(15)2)20-18(14-23-24-20)13-22-21(10-11-21)19-6-4-3-5-7-19/h3-9,12,14,22H,10-11,13H2,1-2H3,(H,23,24). The zero-order valence-corrected chi connectivity index (χ0v) is 14.3. The van der Waals surface area contributed by atoms with Crippen LogP contribution in [0.15, 0.2) is 54.7 Å². The van der Waals surface area contributed by atoms with Gasteiger partial charge in [-0.25, -0.2) is 0 Å². The number of benzene rings is 2. The summed E-state index contributed by atoms with van der Waals surface area (Å²) in [6.45, 7) is 5.13. The van der Waals surface area contributed by atoms with Gasteiger partial charge in [0.15, 0.2) is 0 Å². The number of aromatic amines is 1. The van der Waals surface area contributed by atoms with Crippen molar-refractivity contribution in [2.75, 3.05) is 0 Å². The molecule has 122 valence electrons. The number of nitrogens with zero attached hydrogens (tertiary/aromatic N) is 1. The Hall–Kier alpha value is -2.39. The predicted octanol–water partition coefficient (Wildman–Crippen LogP) is 4.47. The van der Waals surface area contributed by atoms with Gasteiger partial charge in [-0.2, -0.15) is 5.10 Å². The minimum Gasteiger partial charge on any atom is -0.303 e. The molecular formula is C21H23N3. The Bertz CT molecular complexity index is 845. The van der Waals surface area contributed by atoms with Crippen molar-refractivity contribution in [1.82, 2.24) is 15.5 Å². The van der Waals surface area contributed by atoms with Crippen LogP contribution in [0, 0.1) is 13.8 Å². The number of hydrogen-bond acceptors (Lipinski definition) is 2. The minimum atomic E-state index is 0.152. The van der Waals surface area contributed by atoms with Gasteiger partial charge in [-0.05, 0) is 49.4 Å².